The van der Waals surface area contributed by atoms with Gasteiger partial charge in [0.05, 0.1) is 11.5 Å². The molecule has 0 atom stereocenters. The molecular weight excluding hydrogens is 324 g/mol. The number of nitro benzene ring substituents is 1. The molecule has 0 radical (unpaired) electrons. The summed E-state index contributed by atoms with van der Waals surface area (Å²) in [5.74, 6) is 0.229. The van der Waals surface area contributed by atoms with E-state index in [0.717, 1.165) is 5.56 Å². The molecule has 0 spiro atoms. The van der Waals surface area contributed by atoms with E-state index in [-0.39, 0.29) is 23.7 Å². The molecule has 25 heavy (non-hydrogen) atoms. The number of carbonyl (C=O) groups is 1. The zero-order valence-electron chi connectivity index (χ0n) is 13.3. The van der Waals surface area contributed by atoms with Crippen LogP contribution in [0.3, 0.4) is 0 Å². The fourth-order valence-corrected chi connectivity index (χ4v) is 2.35. The third-order valence-corrected chi connectivity index (χ3v) is 3.65. The first-order chi connectivity index (χ1) is 12.1. The molecule has 1 N–H and O–H groups in total. The fourth-order valence-electron chi connectivity index (χ4n) is 2.35. The molecule has 0 fully saturated rings. The Bertz CT molecular complexity index is 921. The lowest BCUT2D eigenvalue weighted by atomic mass is 10.1. The number of nitrogens with zero attached hydrogens (tertiary/aromatic N) is 3. The van der Waals surface area contributed by atoms with Crippen LogP contribution >= 0.6 is 0 Å². The summed E-state index contributed by atoms with van der Waals surface area (Å²) in [6.07, 6.45) is 0. The van der Waals surface area contributed by atoms with E-state index in [2.05, 4.69) is 15.5 Å². The minimum Gasteiger partial charge on any atom is -0.343 e. The van der Waals surface area contributed by atoms with Crippen LogP contribution in [0.5, 0.6) is 0 Å². The highest BCUT2D eigenvalue weighted by Crippen LogP contribution is 2.21. The molecular formula is C17H14N4O4. The van der Waals surface area contributed by atoms with Crippen molar-refractivity contribution >= 4 is 11.6 Å². The second-order valence-electron chi connectivity index (χ2n) is 5.27. The van der Waals surface area contributed by atoms with Crippen molar-refractivity contribution in [3.8, 4) is 11.4 Å². The van der Waals surface area contributed by atoms with Crippen molar-refractivity contribution in [2.45, 2.75) is 13.5 Å². The molecule has 1 heterocycles. The summed E-state index contributed by atoms with van der Waals surface area (Å²) in [6, 6.07) is 13.7. The first-order valence-corrected chi connectivity index (χ1v) is 7.46. The van der Waals surface area contributed by atoms with E-state index in [0.29, 0.717) is 11.4 Å². The normalized spacial score (nSPS) is 10.4. The molecule has 2 aromatic carbocycles. The van der Waals surface area contributed by atoms with Crippen LogP contribution in [0.1, 0.15) is 21.8 Å². The molecule has 0 aliphatic rings. The summed E-state index contributed by atoms with van der Waals surface area (Å²) in [4.78, 5) is 26.9. The molecule has 0 aliphatic carbocycles. The number of amides is 1. The summed E-state index contributed by atoms with van der Waals surface area (Å²) >= 11 is 0. The summed E-state index contributed by atoms with van der Waals surface area (Å²) in [5, 5.41) is 17.4. The summed E-state index contributed by atoms with van der Waals surface area (Å²) in [7, 11) is 0. The molecule has 0 saturated heterocycles. The number of rotatable bonds is 5. The molecule has 1 amide bonds. The Labute approximate surface area is 142 Å². The van der Waals surface area contributed by atoms with Crippen LogP contribution < -0.4 is 5.32 Å². The highest BCUT2D eigenvalue weighted by molar-refractivity contribution is 5.96. The number of nitro groups is 1. The Balaban J connectivity index is 1.70. The minimum absolute atomic E-state index is 0.0286. The van der Waals surface area contributed by atoms with Gasteiger partial charge in [0.1, 0.15) is 0 Å². The van der Waals surface area contributed by atoms with Crippen molar-refractivity contribution in [2.24, 2.45) is 0 Å². The fraction of sp³-hybridized carbons (Fsp3) is 0.118. The first kappa shape index (κ1) is 16.3. The molecule has 0 bridgehead atoms. The van der Waals surface area contributed by atoms with Crippen molar-refractivity contribution < 1.29 is 14.2 Å². The van der Waals surface area contributed by atoms with Gasteiger partial charge in [-0.15, -0.1) is 0 Å². The number of aromatic nitrogens is 2. The highest BCUT2D eigenvalue weighted by atomic mass is 16.6. The lowest BCUT2D eigenvalue weighted by molar-refractivity contribution is -0.385. The second-order valence-corrected chi connectivity index (χ2v) is 5.27. The molecule has 0 saturated carbocycles. The number of hydrogen-bond acceptors (Lipinski definition) is 6. The Hall–Kier alpha value is -3.55. The van der Waals surface area contributed by atoms with E-state index in [4.69, 9.17) is 4.52 Å². The first-order valence-electron chi connectivity index (χ1n) is 7.46. The Morgan fingerprint density at radius 2 is 1.96 bits per heavy atom. The summed E-state index contributed by atoms with van der Waals surface area (Å²) < 4.78 is 5.11. The van der Waals surface area contributed by atoms with Crippen molar-refractivity contribution in [1.29, 1.82) is 0 Å². The monoisotopic (exact) mass is 338 g/mol. The lowest BCUT2D eigenvalue weighted by Crippen LogP contribution is -2.24. The zero-order valence-corrected chi connectivity index (χ0v) is 13.3. The number of nitrogens with one attached hydrogen (secondary N) is 1. The molecule has 3 aromatic rings. The third-order valence-electron chi connectivity index (χ3n) is 3.65. The van der Waals surface area contributed by atoms with Crippen LogP contribution in [-0.4, -0.2) is 21.0 Å². The maximum Gasteiger partial charge on any atom is 0.273 e. The number of benzene rings is 2. The van der Waals surface area contributed by atoms with Crippen molar-refractivity contribution in [2.75, 3.05) is 0 Å². The van der Waals surface area contributed by atoms with Gasteiger partial charge in [-0.3, -0.25) is 14.9 Å². The maximum atomic E-state index is 12.3. The molecule has 0 unspecified atom stereocenters. The Morgan fingerprint density at radius 1 is 1.20 bits per heavy atom. The third kappa shape index (κ3) is 3.52. The summed E-state index contributed by atoms with van der Waals surface area (Å²) in [5.41, 5.74) is 1.24. The van der Waals surface area contributed by atoms with E-state index < -0.39 is 10.8 Å². The van der Waals surface area contributed by atoms with E-state index in [1.165, 1.54) is 25.1 Å². The highest BCUT2D eigenvalue weighted by Gasteiger charge is 2.18. The Kier molecular flexibility index (Phi) is 4.51. The smallest absolute Gasteiger partial charge is 0.273 e. The molecule has 3 rings (SSSR count). The van der Waals surface area contributed by atoms with E-state index in [9.17, 15) is 14.9 Å². The molecule has 8 nitrogen and oxygen atoms in total. The van der Waals surface area contributed by atoms with Gasteiger partial charge >= 0.3 is 0 Å². The van der Waals surface area contributed by atoms with Crippen LogP contribution in [0.15, 0.2) is 53.1 Å². The quantitative estimate of drug-likeness (QED) is 0.565. The van der Waals surface area contributed by atoms with Gasteiger partial charge < -0.3 is 9.84 Å². The lowest BCUT2D eigenvalue weighted by Gasteiger charge is -2.06. The van der Waals surface area contributed by atoms with Gasteiger partial charge in [-0.2, -0.15) is 4.98 Å². The van der Waals surface area contributed by atoms with Gasteiger partial charge in [0.15, 0.2) is 0 Å². The van der Waals surface area contributed by atoms with Crippen LogP contribution in [0.4, 0.5) is 5.69 Å². The standard InChI is InChI=1S/C17H14N4O4/c1-11-13(8-5-9-14(11)21(23)24)17(22)18-10-15-19-16(20-25-15)12-6-3-2-4-7-12/h2-9H,10H2,1H3,(H,18,22). The van der Waals surface area contributed by atoms with E-state index in [1.54, 1.807) is 0 Å². The van der Waals surface area contributed by atoms with E-state index in [1.807, 2.05) is 30.3 Å². The minimum atomic E-state index is -0.518. The average molecular weight is 338 g/mol. The second kappa shape index (κ2) is 6.91. The molecule has 0 aliphatic heterocycles. The van der Waals surface area contributed by atoms with Gasteiger partial charge in [0.2, 0.25) is 11.7 Å². The van der Waals surface area contributed by atoms with Crippen molar-refractivity contribution in [3.63, 3.8) is 0 Å². The van der Waals surface area contributed by atoms with Crippen molar-refractivity contribution in [3.05, 3.63) is 75.7 Å². The van der Waals surface area contributed by atoms with Gasteiger partial charge in [-0.1, -0.05) is 41.6 Å². The number of hydrogen-bond donors (Lipinski definition) is 1. The van der Waals surface area contributed by atoms with Crippen LogP contribution in [0.25, 0.3) is 11.4 Å². The summed E-state index contributed by atoms with van der Waals surface area (Å²) in [6.45, 7) is 1.56. The number of carbonyl (C=O) groups excluding carboxylic acids is 1. The average Bonchev–Trinajstić information content (AvgIpc) is 3.09. The van der Waals surface area contributed by atoms with E-state index >= 15 is 0 Å². The van der Waals surface area contributed by atoms with Gasteiger partial charge in [-0.25, -0.2) is 0 Å². The van der Waals surface area contributed by atoms with Gasteiger partial charge in [0, 0.05) is 22.8 Å². The molecule has 126 valence electrons. The molecule has 1 aromatic heterocycles. The predicted molar refractivity (Wildman–Crippen MR) is 88.7 cm³/mol. The molecule has 8 heteroatoms. The topological polar surface area (TPSA) is 111 Å². The predicted octanol–water partition coefficient (Wildman–Crippen LogP) is 2.88. The van der Waals surface area contributed by atoms with Gasteiger partial charge in [0.25, 0.3) is 11.6 Å². The van der Waals surface area contributed by atoms with Crippen LogP contribution in [0, 0.1) is 17.0 Å². The van der Waals surface area contributed by atoms with Crippen LogP contribution in [0.2, 0.25) is 0 Å². The van der Waals surface area contributed by atoms with Gasteiger partial charge in [-0.05, 0) is 13.0 Å². The van der Waals surface area contributed by atoms with Crippen LogP contribution in [-0.2, 0) is 6.54 Å². The SMILES string of the molecule is Cc1c(C(=O)NCc2nc(-c3ccccc3)no2)cccc1[N+](=O)[O-]. The maximum absolute atomic E-state index is 12.3. The Morgan fingerprint density at radius 3 is 2.68 bits per heavy atom. The zero-order chi connectivity index (χ0) is 17.8. The largest absolute Gasteiger partial charge is 0.343 e. The van der Waals surface area contributed by atoms with Crippen molar-refractivity contribution in [1.82, 2.24) is 15.5 Å².